The van der Waals surface area contributed by atoms with Gasteiger partial charge in [-0.05, 0) is 81.1 Å². The van der Waals surface area contributed by atoms with Crippen LogP contribution in [-0.2, 0) is 4.79 Å². The Morgan fingerprint density at radius 2 is 1.69 bits per heavy atom. The van der Waals surface area contributed by atoms with Gasteiger partial charge in [-0.2, -0.15) is 0 Å². The van der Waals surface area contributed by atoms with Gasteiger partial charge in [-0.1, -0.05) is 36.2 Å². The topological polar surface area (TPSA) is 59.7 Å². The lowest BCUT2D eigenvalue weighted by Crippen LogP contribution is -2.47. The van der Waals surface area contributed by atoms with Crippen LogP contribution in [0.4, 0.5) is 5.69 Å². The normalized spacial score (nSPS) is 17.6. The first-order valence-corrected chi connectivity index (χ1v) is 13.1. The molecule has 1 aromatic heterocycles. The first kappa shape index (κ1) is 23.9. The Bertz CT molecular complexity index is 1160. The number of nitrogens with zero attached hydrogens (tertiary/aromatic N) is 3. The van der Waals surface area contributed by atoms with Crippen molar-refractivity contribution in [2.24, 2.45) is 5.92 Å². The van der Waals surface area contributed by atoms with Crippen molar-refractivity contribution in [1.29, 1.82) is 0 Å². The predicted molar refractivity (Wildman–Crippen MR) is 141 cm³/mol. The molecule has 2 saturated heterocycles. The lowest BCUT2D eigenvalue weighted by Gasteiger charge is -2.36. The maximum absolute atomic E-state index is 13.6. The molecule has 7 heteroatoms. The van der Waals surface area contributed by atoms with Crippen LogP contribution in [0.1, 0.15) is 42.6 Å². The standard InChI is InChI=1S/C28H33ClN4O2/c29-23-9-10-25-22(17-23)18-26(30-25)28(35)33(24-7-3-1-4-8-24)20-27(34)32-15-11-21(12-16-32)19-31-13-5-2-6-14-31/h1,3-4,7-10,17-18,21,30H,2,5-6,11-16,19-20H2. The lowest BCUT2D eigenvalue weighted by atomic mass is 9.95. The van der Waals surface area contributed by atoms with Gasteiger partial charge < -0.3 is 14.8 Å². The van der Waals surface area contributed by atoms with Crippen LogP contribution in [0.2, 0.25) is 5.02 Å². The van der Waals surface area contributed by atoms with Gasteiger partial charge >= 0.3 is 0 Å². The average Bonchev–Trinajstić information content (AvgIpc) is 3.31. The SMILES string of the molecule is O=C(CN(C(=O)c1cc2cc(Cl)ccc2[nH]1)c1ccccc1)N1CCC(CN2CCCCC2)CC1. The van der Waals surface area contributed by atoms with E-state index in [-0.39, 0.29) is 18.4 Å². The number of fused-ring (bicyclic) bond motifs is 1. The Hall–Kier alpha value is -2.83. The molecule has 0 atom stereocenters. The number of rotatable bonds is 6. The average molecular weight is 493 g/mol. The zero-order valence-corrected chi connectivity index (χ0v) is 20.8. The van der Waals surface area contributed by atoms with E-state index in [9.17, 15) is 9.59 Å². The number of aromatic amines is 1. The van der Waals surface area contributed by atoms with Gasteiger partial charge in [0.1, 0.15) is 12.2 Å². The summed E-state index contributed by atoms with van der Waals surface area (Å²) in [5.41, 5.74) is 1.99. The summed E-state index contributed by atoms with van der Waals surface area (Å²) in [7, 11) is 0. The molecule has 5 rings (SSSR count). The maximum atomic E-state index is 13.6. The third-order valence-corrected chi connectivity index (χ3v) is 7.59. The number of piperidine rings is 2. The number of benzene rings is 2. The van der Waals surface area contributed by atoms with E-state index in [2.05, 4.69) is 9.88 Å². The molecule has 35 heavy (non-hydrogen) atoms. The molecule has 0 saturated carbocycles. The summed E-state index contributed by atoms with van der Waals surface area (Å²) < 4.78 is 0. The molecule has 2 amide bonds. The maximum Gasteiger partial charge on any atom is 0.275 e. The molecule has 0 radical (unpaired) electrons. The summed E-state index contributed by atoms with van der Waals surface area (Å²) in [4.78, 5) is 36.2. The summed E-state index contributed by atoms with van der Waals surface area (Å²) in [6, 6.07) is 16.7. The highest BCUT2D eigenvalue weighted by Crippen LogP contribution is 2.24. The van der Waals surface area contributed by atoms with Crippen molar-refractivity contribution in [3.8, 4) is 0 Å². The van der Waals surface area contributed by atoms with E-state index in [0.29, 0.717) is 22.3 Å². The van der Waals surface area contributed by atoms with Gasteiger partial charge in [0, 0.05) is 41.2 Å². The molecule has 1 N–H and O–H groups in total. The zero-order valence-electron chi connectivity index (χ0n) is 20.1. The number of carbonyl (C=O) groups is 2. The largest absolute Gasteiger partial charge is 0.351 e. The predicted octanol–water partition coefficient (Wildman–Crippen LogP) is 5.19. The third kappa shape index (κ3) is 5.71. The molecular weight excluding hydrogens is 460 g/mol. The highest BCUT2D eigenvalue weighted by Gasteiger charge is 2.28. The zero-order chi connectivity index (χ0) is 24.2. The van der Waals surface area contributed by atoms with E-state index in [4.69, 9.17) is 11.6 Å². The van der Waals surface area contributed by atoms with Crippen molar-refractivity contribution < 1.29 is 9.59 Å². The van der Waals surface area contributed by atoms with Crippen LogP contribution in [0.25, 0.3) is 10.9 Å². The van der Waals surface area contributed by atoms with E-state index < -0.39 is 0 Å². The number of hydrogen-bond acceptors (Lipinski definition) is 3. The van der Waals surface area contributed by atoms with Crippen molar-refractivity contribution in [2.75, 3.05) is 44.2 Å². The van der Waals surface area contributed by atoms with Gasteiger partial charge in [0.05, 0.1) is 0 Å². The van der Waals surface area contributed by atoms with Gasteiger partial charge in [0.15, 0.2) is 0 Å². The Kier molecular flexibility index (Phi) is 7.40. The smallest absolute Gasteiger partial charge is 0.275 e. The first-order valence-electron chi connectivity index (χ1n) is 12.7. The number of likely N-dealkylation sites (tertiary alicyclic amines) is 2. The monoisotopic (exact) mass is 492 g/mol. The molecule has 0 unspecified atom stereocenters. The second-order valence-electron chi connectivity index (χ2n) is 9.83. The summed E-state index contributed by atoms with van der Waals surface area (Å²) in [6.45, 7) is 5.13. The number of aromatic nitrogens is 1. The van der Waals surface area contributed by atoms with Gasteiger partial charge in [0.2, 0.25) is 5.91 Å². The fourth-order valence-electron chi connectivity index (χ4n) is 5.36. The molecule has 0 aliphatic carbocycles. The Labute approximate surface area is 211 Å². The molecule has 0 bridgehead atoms. The number of halogens is 1. The summed E-state index contributed by atoms with van der Waals surface area (Å²) in [6.07, 6.45) is 6.04. The van der Waals surface area contributed by atoms with Crippen LogP contribution in [0.5, 0.6) is 0 Å². The molecule has 184 valence electrons. The van der Waals surface area contributed by atoms with Crippen LogP contribution >= 0.6 is 11.6 Å². The molecule has 3 heterocycles. The van der Waals surface area contributed by atoms with Crippen LogP contribution in [0.3, 0.4) is 0 Å². The number of H-pyrrole nitrogens is 1. The highest BCUT2D eigenvalue weighted by molar-refractivity contribution is 6.31. The van der Waals surface area contributed by atoms with Crippen LogP contribution < -0.4 is 4.90 Å². The molecule has 6 nitrogen and oxygen atoms in total. The second kappa shape index (κ2) is 10.8. The van der Waals surface area contributed by atoms with Crippen molar-refractivity contribution in [1.82, 2.24) is 14.8 Å². The lowest BCUT2D eigenvalue weighted by molar-refractivity contribution is -0.131. The van der Waals surface area contributed by atoms with E-state index in [1.807, 2.05) is 47.4 Å². The molecule has 2 aliphatic rings. The molecule has 2 aliphatic heterocycles. The minimum absolute atomic E-state index is 0.00205. The second-order valence-corrected chi connectivity index (χ2v) is 10.3. The number of nitrogens with one attached hydrogen (secondary N) is 1. The van der Waals surface area contributed by atoms with Gasteiger partial charge in [-0.3, -0.25) is 14.5 Å². The van der Waals surface area contributed by atoms with E-state index in [1.54, 1.807) is 17.0 Å². The molecular formula is C28H33ClN4O2. The van der Waals surface area contributed by atoms with Crippen LogP contribution in [-0.4, -0.2) is 65.9 Å². The number of para-hydroxylation sites is 1. The van der Waals surface area contributed by atoms with Crippen molar-refractivity contribution >= 4 is 40.0 Å². The molecule has 3 aromatic rings. The van der Waals surface area contributed by atoms with Crippen LogP contribution in [0.15, 0.2) is 54.6 Å². The molecule has 2 fully saturated rings. The molecule has 2 aromatic carbocycles. The Morgan fingerprint density at radius 3 is 2.43 bits per heavy atom. The van der Waals surface area contributed by atoms with Gasteiger partial charge in [-0.25, -0.2) is 0 Å². The van der Waals surface area contributed by atoms with Crippen LogP contribution in [0, 0.1) is 5.92 Å². The summed E-state index contributed by atoms with van der Waals surface area (Å²) >= 11 is 6.12. The van der Waals surface area contributed by atoms with E-state index >= 15 is 0 Å². The number of carbonyl (C=O) groups excluding carboxylic acids is 2. The highest BCUT2D eigenvalue weighted by atomic mass is 35.5. The fraction of sp³-hybridized carbons (Fsp3) is 0.429. The summed E-state index contributed by atoms with van der Waals surface area (Å²) in [5.74, 6) is 0.428. The minimum atomic E-state index is -0.225. The first-order chi connectivity index (χ1) is 17.1. The Morgan fingerprint density at radius 1 is 0.943 bits per heavy atom. The number of anilines is 1. The quantitative estimate of drug-likeness (QED) is 0.515. The fourth-order valence-corrected chi connectivity index (χ4v) is 5.54. The van der Waals surface area contributed by atoms with Gasteiger partial charge in [-0.15, -0.1) is 0 Å². The number of hydrogen-bond donors (Lipinski definition) is 1. The Balaban J connectivity index is 1.26. The van der Waals surface area contributed by atoms with E-state index in [1.165, 1.54) is 32.4 Å². The summed E-state index contributed by atoms with van der Waals surface area (Å²) in [5, 5.41) is 1.49. The van der Waals surface area contributed by atoms with E-state index in [0.717, 1.165) is 43.4 Å². The van der Waals surface area contributed by atoms with Crippen molar-refractivity contribution in [2.45, 2.75) is 32.1 Å². The van der Waals surface area contributed by atoms with Gasteiger partial charge in [0.25, 0.3) is 5.91 Å². The number of amides is 2. The minimum Gasteiger partial charge on any atom is -0.351 e. The van der Waals surface area contributed by atoms with Crippen molar-refractivity contribution in [3.05, 3.63) is 65.3 Å². The third-order valence-electron chi connectivity index (χ3n) is 7.35. The van der Waals surface area contributed by atoms with Crippen molar-refractivity contribution in [3.63, 3.8) is 0 Å². The molecule has 0 spiro atoms.